The van der Waals surface area contributed by atoms with Crippen molar-refractivity contribution in [3.63, 3.8) is 0 Å². The summed E-state index contributed by atoms with van der Waals surface area (Å²) in [5, 5.41) is 12.9. The molecule has 1 aromatic rings. The third kappa shape index (κ3) is 2.38. The molecule has 2 nitrogen and oxygen atoms in total. The van der Waals surface area contributed by atoms with Crippen molar-refractivity contribution in [2.24, 2.45) is 0 Å². The van der Waals surface area contributed by atoms with E-state index >= 15 is 0 Å². The summed E-state index contributed by atoms with van der Waals surface area (Å²) >= 11 is 3.15. The number of aliphatic hydroxyl groups excluding tert-OH is 1. The average molecular weight is 288 g/mol. The summed E-state index contributed by atoms with van der Waals surface area (Å²) in [4.78, 5) is 0. The molecule has 16 heavy (non-hydrogen) atoms. The number of halogens is 2. The maximum absolute atomic E-state index is 13.4. The van der Waals surface area contributed by atoms with Gasteiger partial charge in [-0.25, -0.2) is 4.39 Å². The summed E-state index contributed by atoms with van der Waals surface area (Å²) in [6, 6.07) is 3.28. The highest BCUT2D eigenvalue weighted by atomic mass is 79.9. The maximum atomic E-state index is 13.4. The molecule has 2 atom stereocenters. The fourth-order valence-corrected chi connectivity index (χ4v) is 2.57. The summed E-state index contributed by atoms with van der Waals surface area (Å²) in [6.07, 6.45) is 2.48. The minimum Gasteiger partial charge on any atom is -0.391 e. The third-order valence-corrected chi connectivity index (χ3v) is 3.70. The molecule has 1 aliphatic rings. The van der Waals surface area contributed by atoms with Crippen LogP contribution in [0.5, 0.6) is 0 Å². The molecule has 2 unspecified atom stereocenters. The standard InChI is InChI=1S/C12H15BrFNO/c1-7-5-8(13)9(14)6-11(7)15-10-3-2-4-12(10)16/h5-6,10,12,15-16H,2-4H2,1H3. The van der Waals surface area contributed by atoms with Crippen molar-refractivity contribution in [3.8, 4) is 0 Å². The van der Waals surface area contributed by atoms with Gasteiger partial charge in [-0.3, -0.25) is 0 Å². The highest BCUT2D eigenvalue weighted by molar-refractivity contribution is 9.10. The van der Waals surface area contributed by atoms with Gasteiger partial charge in [0.2, 0.25) is 0 Å². The van der Waals surface area contributed by atoms with Crippen LogP contribution in [0, 0.1) is 12.7 Å². The number of anilines is 1. The van der Waals surface area contributed by atoms with E-state index in [1.54, 1.807) is 6.07 Å². The lowest BCUT2D eigenvalue weighted by atomic mass is 10.1. The van der Waals surface area contributed by atoms with Gasteiger partial charge in [-0.1, -0.05) is 0 Å². The van der Waals surface area contributed by atoms with Crippen LogP contribution in [0.15, 0.2) is 16.6 Å². The van der Waals surface area contributed by atoms with Crippen LogP contribution in [0.2, 0.25) is 0 Å². The average Bonchev–Trinajstić information content (AvgIpc) is 2.61. The van der Waals surface area contributed by atoms with Crippen LogP contribution in [0.4, 0.5) is 10.1 Å². The Labute approximate surface area is 103 Å². The Balaban J connectivity index is 2.18. The Morgan fingerprint density at radius 2 is 2.19 bits per heavy atom. The number of nitrogens with one attached hydrogen (secondary N) is 1. The van der Waals surface area contributed by atoms with Crippen molar-refractivity contribution in [1.29, 1.82) is 0 Å². The fourth-order valence-electron chi connectivity index (χ4n) is 2.11. The third-order valence-electron chi connectivity index (χ3n) is 3.09. The topological polar surface area (TPSA) is 32.3 Å². The van der Waals surface area contributed by atoms with Gasteiger partial charge in [-0.05, 0) is 59.8 Å². The Bertz CT molecular complexity index is 397. The van der Waals surface area contributed by atoms with Gasteiger partial charge < -0.3 is 10.4 Å². The minimum absolute atomic E-state index is 0.0549. The van der Waals surface area contributed by atoms with Gasteiger partial charge in [0.15, 0.2) is 0 Å². The molecule has 4 heteroatoms. The van der Waals surface area contributed by atoms with E-state index in [4.69, 9.17) is 0 Å². The SMILES string of the molecule is Cc1cc(Br)c(F)cc1NC1CCCC1O. The number of rotatable bonds is 2. The molecule has 1 aromatic carbocycles. The van der Waals surface area contributed by atoms with Crippen molar-refractivity contribution >= 4 is 21.6 Å². The van der Waals surface area contributed by atoms with Gasteiger partial charge in [0.1, 0.15) is 5.82 Å². The van der Waals surface area contributed by atoms with Gasteiger partial charge in [-0.2, -0.15) is 0 Å². The number of aliphatic hydroxyl groups is 1. The Hall–Kier alpha value is -0.610. The summed E-state index contributed by atoms with van der Waals surface area (Å²) in [7, 11) is 0. The van der Waals surface area contributed by atoms with Crippen LogP contribution in [0.3, 0.4) is 0 Å². The Morgan fingerprint density at radius 1 is 1.44 bits per heavy atom. The molecule has 0 heterocycles. The molecule has 0 spiro atoms. The number of hydrogen-bond acceptors (Lipinski definition) is 2. The molecule has 0 amide bonds. The number of aryl methyl sites for hydroxylation is 1. The van der Waals surface area contributed by atoms with Crippen molar-refractivity contribution < 1.29 is 9.50 Å². The van der Waals surface area contributed by atoms with E-state index in [0.717, 1.165) is 30.5 Å². The fraction of sp³-hybridized carbons (Fsp3) is 0.500. The van der Waals surface area contributed by atoms with Crippen LogP contribution in [0.25, 0.3) is 0 Å². The van der Waals surface area contributed by atoms with Crippen molar-refractivity contribution in [2.75, 3.05) is 5.32 Å². The molecule has 1 aliphatic carbocycles. The molecule has 0 aliphatic heterocycles. The molecule has 0 aromatic heterocycles. The maximum Gasteiger partial charge on any atom is 0.139 e. The molecule has 1 saturated carbocycles. The highest BCUT2D eigenvalue weighted by Gasteiger charge is 2.25. The highest BCUT2D eigenvalue weighted by Crippen LogP contribution is 2.28. The van der Waals surface area contributed by atoms with Gasteiger partial charge in [0, 0.05) is 5.69 Å². The predicted octanol–water partition coefficient (Wildman–Crippen LogP) is 3.22. The monoisotopic (exact) mass is 287 g/mol. The van der Waals surface area contributed by atoms with Crippen LogP contribution < -0.4 is 5.32 Å². The van der Waals surface area contributed by atoms with E-state index in [0.29, 0.717) is 4.47 Å². The molecule has 88 valence electrons. The molecule has 0 saturated heterocycles. The number of benzene rings is 1. The van der Waals surface area contributed by atoms with Crippen LogP contribution >= 0.6 is 15.9 Å². The molecular weight excluding hydrogens is 273 g/mol. The first-order chi connectivity index (χ1) is 7.58. The smallest absolute Gasteiger partial charge is 0.139 e. The first-order valence-corrected chi connectivity index (χ1v) is 6.27. The van der Waals surface area contributed by atoms with Gasteiger partial charge in [0.05, 0.1) is 16.6 Å². The van der Waals surface area contributed by atoms with Gasteiger partial charge in [-0.15, -0.1) is 0 Å². The predicted molar refractivity (Wildman–Crippen MR) is 66.1 cm³/mol. The van der Waals surface area contributed by atoms with Gasteiger partial charge >= 0.3 is 0 Å². The van der Waals surface area contributed by atoms with Crippen molar-refractivity contribution in [1.82, 2.24) is 0 Å². The van der Waals surface area contributed by atoms with Crippen molar-refractivity contribution in [2.45, 2.75) is 38.3 Å². The normalized spacial score (nSPS) is 24.8. The second kappa shape index (κ2) is 4.72. The minimum atomic E-state index is -0.314. The van der Waals surface area contributed by atoms with Crippen LogP contribution in [-0.2, 0) is 0 Å². The summed E-state index contributed by atoms with van der Waals surface area (Å²) < 4.78 is 13.9. The largest absolute Gasteiger partial charge is 0.391 e. The summed E-state index contributed by atoms with van der Waals surface area (Å²) in [5.74, 6) is -0.277. The second-order valence-corrected chi connectivity index (χ2v) is 5.18. The summed E-state index contributed by atoms with van der Waals surface area (Å²) in [6.45, 7) is 1.92. The van der Waals surface area contributed by atoms with E-state index in [-0.39, 0.29) is 18.0 Å². The first kappa shape index (κ1) is 11.9. The zero-order chi connectivity index (χ0) is 11.7. The second-order valence-electron chi connectivity index (χ2n) is 4.33. The molecule has 2 N–H and O–H groups in total. The molecule has 0 bridgehead atoms. The van der Waals surface area contributed by atoms with E-state index in [1.807, 2.05) is 6.92 Å². The zero-order valence-electron chi connectivity index (χ0n) is 9.13. The zero-order valence-corrected chi connectivity index (χ0v) is 10.7. The Morgan fingerprint density at radius 3 is 2.81 bits per heavy atom. The molecule has 1 fully saturated rings. The molecule has 2 rings (SSSR count). The molecule has 0 radical (unpaired) electrons. The van der Waals surface area contributed by atoms with Crippen LogP contribution in [-0.4, -0.2) is 17.3 Å². The van der Waals surface area contributed by atoms with E-state index in [1.165, 1.54) is 6.07 Å². The van der Waals surface area contributed by atoms with E-state index in [2.05, 4.69) is 21.2 Å². The summed E-state index contributed by atoms with van der Waals surface area (Å²) in [5.41, 5.74) is 1.75. The van der Waals surface area contributed by atoms with Crippen LogP contribution in [0.1, 0.15) is 24.8 Å². The van der Waals surface area contributed by atoms with E-state index in [9.17, 15) is 9.50 Å². The quantitative estimate of drug-likeness (QED) is 0.875. The lowest BCUT2D eigenvalue weighted by Gasteiger charge is -2.19. The van der Waals surface area contributed by atoms with Gasteiger partial charge in [0.25, 0.3) is 0 Å². The lowest BCUT2D eigenvalue weighted by molar-refractivity contribution is 0.172. The van der Waals surface area contributed by atoms with E-state index < -0.39 is 0 Å². The lowest BCUT2D eigenvalue weighted by Crippen LogP contribution is -2.28. The van der Waals surface area contributed by atoms with Crippen molar-refractivity contribution in [3.05, 3.63) is 28.0 Å². The number of hydrogen-bond donors (Lipinski definition) is 2. The first-order valence-electron chi connectivity index (χ1n) is 5.48. The Kier molecular flexibility index (Phi) is 3.50. The molecular formula is C12H15BrFNO.